The third kappa shape index (κ3) is 3.30. The van der Waals surface area contributed by atoms with E-state index in [4.69, 9.17) is 16.3 Å². The Morgan fingerprint density at radius 3 is 2.97 bits per heavy atom. The van der Waals surface area contributed by atoms with Crippen LogP contribution in [-0.2, 0) is 11.3 Å². The van der Waals surface area contributed by atoms with Gasteiger partial charge in [0.25, 0.3) is 0 Å². The molecule has 0 unspecified atom stereocenters. The first-order chi connectivity index (χ1) is 14.1. The summed E-state index contributed by atoms with van der Waals surface area (Å²) < 4.78 is 7.18. The van der Waals surface area contributed by atoms with Gasteiger partial charge in [-0.05, 0) is 56.4 Å². The first-order valence-electron chi connectivity index (χ1n) is 10.2. The largest absolute Gasteiger partial charge is 0.462 e. The summed E-state index contributed by atoms with van der Waals surface area (Å²) in [6, 6.07) is 8.18. The molecule has 0 amide bonds. The zero-order valence-corrected chi connectivity index (χ0v) is 17.1. The highest BCUT2D eigenvalue weighted by molar-refractivity contribution is 6.31. The van der Waals surface area contributed by atoms with E-state index < -0.39 is 0 Å². The number of ether oxygens (including phenoxy) is 1. The molecule has 150 valence electrons. The quantitative estimate of drug-likeness (QED) is 0.589. The van der Waals surface area contributed by atoms with Crippen molar-refractivity contribution in [3.05, 3.63) is 52.9 Å². The van der Waals surface area contributed by atoms with E-state index in [1.807, 2.05) is 35.9 Å². The van der Waals surface area contributed by atoms with Crippen LogP contribution in [0.2, 0.25) is 5.02 Å². The highest BCUT2D eigenvalue weighted by Crippen LogP contribution is 2.38. The number of benzene rings is 1. The van der Waals surface area contributed by atoms with E-state index in [0.717, 1.165) is 34.7 Å². The number of carbonyl (C=O) groups is 1. The highest BCUT2D eigenvalue weighted by atomic mass is 35.5. The number of hydrogen-bond donors (Lipinski definition) is 0. The van der Waals surface area contributed by atoms with Gasteiger partial charge in [0.2, 0.25) is 0 Å². The van der Waals surface area contributed by atoms with Crippen molar-refractivity contribution < 1.29 is 9.53 Å². The molecule has 2 atom stereocenters. The lowest BCUT2D eigenvalue weighted by atomic mass is 10.1. The minimum absolute atomic E-state index is 0.320. The summed E-state index contributed by atoms with van der Waals surface area (Å²) in [4.78, 5) is 19.6. The van der Waals surface area contributed by atoms with Gasteiger partial charge in [-0.3, -0.25) is 9.88 Å². The first kappa shape index (κ1) is 18.6. The van der Waals surface area contributed by atoms with Crippen LogP contribution < -0.4 is 0 Å². The van der Waals surface area contributed by atoms with Crippen molar-refractivity contribution in [1.82, 2.24) is 19.7 Å². The molecule has 2 aliphatic rings. The maximum atomic E-state index is 12.6. The Morgan fingerprint density at radius 2 is 2.21 bits per heavy atom. The molecule has 5 rings (SSSR count). The third-order valence-corrected chi connectivity index (χ3v) is 6.38. The smallest absolute Gasteiger partial charge is 0.341 e. The van der Waals surface area contributed by atoms with Gasteiger partial charge in [-0.1, -0.05) is 11.6 Å². The average molecular weight is 411 g/mol. The minimum atomic E-state index is -0.320. The summed E-state index contributed by atoms with van der Waals surface area (Å²) in [6.07, 6.45) is 7.20. The lowest BCUT2D eigenvalue weighted by Gasteiger charge is -2.27. The van der Waals surface area contributed by atoms with Gasteiger partial charge in [-0.2, -0.15) is 5.10 Å². The molecule has 3 aromatic rings. The van der Waals surface area contributed by atoms with Gasteiger partial charge >= 0.3 is 5.97 Å². The molecule has 29 heavy (non-hydrogen) atoms. The van der Waals surface area contributed by atoms with Crippen LogP contribution in [0.15, 0.2) is 36.7 Å². The summed E-state index contributed by atoms with van der Waals surface area (Å²) >= 11 is 6.15. The molecule has 7 heteroatoms. The summed E-state index contributed by atoms with van der Waals surface area (Å²) in [7, 11) is 0. The number of pyridine rings is 1. The molecule has 1 saturated heterocycles. The summed E-state index contributed by atoms with van der Waals surface area (Å²) in [6.45, 7) is 3.94. The molecular formula is C22H23ClN4O2. The van der Waals surface area contributed by atoms with Crippen LogP contribution in [0.5, 0.6) is 0 Å². The van der Waals surface area contributed by atoms with E-state index in [1.54, 1.807) is 12.4 Å². The van der Waals surface area contributed by atoms with E-state index in [0.29, 0.717) is 29.8 Å². The van der Waals surface area contributed by atoms with E-state index in [1.165, 1.54) is 19.3 Å². The topological polar surface area (TPSA) is 60.2 Å². The zero-order chi connectivity index (χ0) is 20.0. The molecule has 1 aliphatic carbocycles. The molecule has 6 nitrogen and oxygen atoms in total. The maximum absolute atomic E-state index is 12.6. The van der Waals surface area contributed by atoms with Gasteiger partial charge < -0.3 is 4.74 Å². The Labute approximate surface area is 174 Å². The summed E-state index contributed by atoms with van der Waals surface area (Å²) in [5, 5.41) is 6.18. The number of hydrogen-bond acceptors (Lipinski definition) is 5. The van der Waals surface area contributed by atoms with Crippen LogP contribution in [0.3, 0.4) is 0 Å². The molecule has 2 aromatic heterocycles. The van der Waals surface area contributed by atoms with Crippen molar-refractivity contribution >= 4 is 28.5 Å². The summed E-state index contributed by atoms with van der Waals surface area (Å²) in [5.74, 6) is 0.464. The van der Waals surface area contributed by atoms with Gasteiger partial charge in [0.05, 0.1) is 29.7 Å². The molecule has 1 aromatic carbocycles. The third-order valence-electron chi connectivity index (χ3n) is 6.15. The van der Waals surface area contributed by atoms with Gasteiger partial charge in [-0.25, -0.2) is 9.48 Å². The number of aromatic nitrogens is 3. The maximum Gasteiger partial charge on any atom is 0.341 e. The molecule has 1 aliphatic heterocycles. The van der Waals surface area contributed by atoms with Crippen LogP contribution in [-0.4, -0.2) is 44.8 Å². The Bertz CT molecular complexity index is 1080. The number of halogens is 1. The van der Waals surface area contributed by atoms with E-state index in [2.05, 4.69) is 15.0 Å². The van der Waals surface area contributed by atoms with E-state index in [-0.39, 0.29) is 5.97 Å². The van der Waals surface area contributed by atoms with Gasteiger partial charge in [0.1, 0.15) is 5.56 Å². The molecule has 2 fully saturated rings. The number of piperidine rings is 1. The molecule has 3 heterocycles. The fraction of sp³-hybridized carbons (Fsp3) is 0.409. The number of nitrogens with zero attached hydrogens (tertiary/aromatic N) is 4. The van der Waals surface area contributed by atoms with Crippen LogP contribution >= 0.6 is 11.6 Å². The van der Waals surface area contributed by atoms with Crippen molar-refractivity contribution in [2.24, 2.45) is 5.92 Å². The second kappa shape index (κ2) is 7.43. The molecule has 0 N–H and O–H groups in total. The number of likely N-dealkylation sites (tertiary alicyclic amines) is 1. The summed E-state index contributed by atoms with van der Waals surface area (Å²) in [5.41, 5.74) is 3.10. The second-order valence-electron chi connectivity index (χ2n) is 7.89. The van der Waals surface area contributed by atoms with E-state index in [9.17, 15) is 4.79 Å². The molecule has 1 saturated carbocycles. The monoisotopic (exact) mass is 410 g/mol. The Morgan fingerprint density at radius 1 is 1.31 bits per heavy atom. The number of rotatable bonds is 5. The Hall–Kier alpha value is -2.44. The van der Waals surface area contributed by atoms with Crippen LogP contribution in [0.1, 0.15) is 42.2 Å². The highest BCUT2D eigenvalue weighted by Gasteiger charge is 2.38. The van der Waals surface area contributed by atoms with Gasteiger partial charge in [0, 0.05) is 35.7 Å². The molecule has 0 spiro atoms. The second-order valence-corrected chi connectivity index (χ2v) is 8.33. The van der Waals surface area contributed by atoms with Crippen molar-refractivity contribution in [3.8, 4) is 5.69 Å². The molecule has 2 bridgehead atoms. The van der Waals surface area contributed by atoms with E-state index >= 15 is 0 Å². The number of fused-ring (bicyclic) bond motifs is 3. The van der Waals surface area contributed by atoms with Gasteiger partial charge in [0.15, 0.2) is 0 Å². The average Bonchev–Trinajstić information content (AvgIpc) is 3.43. The van der Waals surface area contributed by atoms with Crippen molar-refractivity contribution in [3.63, 3.8) is 0 Å². The number of carbonyl (C=O) groups excluding carboxylic acids is 1. The predicted octanol–water partition coefficient (Wildman–Crippen LogP) is 4.23. The standard InChI is InChI=1S/C22H23ClN4O2/c1-2-29-22(28)18-11-25-27(21(18)13-26-12-14-3-5-16(26)9-14)20-7-8-24-19-10-15(23)4-6-17(19)20/h4,6-8,10-11,14,16H,2-3,5,9,12-13H2,1H3/t14-,16-/m0/s1. The van der Waals surface area contributed by atoms with Crippen LogP contribution in [0.25, 0.3) is 16.6 Å². The minimum Gasteiger partial charge on any atom is -0.462 e. The van der Waals surface area contributed by atoms with Crippen molar-refractivity contribution in [1.29, 1.82) is 0 Å². The Balaban J connectivity index is 1.60. The first-order valence-corrected chi connectivity index (χ1v) is 10.5. The number of esters is 1. The lowest BCUT2D eigenvalue weighted by Crippen LogP contribution is -2.33. The SMILES string of the molecule is CCOC(=O)c1cnn(-c2ccnc3cc(Cl)ccc23)c1CN1C[C@H]2CC[C@H]1C2. The van der Waals surface area contributed by atoms with Crippen molar-refractivity contribution in [2.45, 2.75) is 38.8 Å². The van der Waals surface area contributed by atoms with Crippen LogP contribution in [0.4, 0.5) is 0 Å². The zero-order valence-electron chi connectivity index (χ0n) is 16.3. The normalized spacial score (nSPS) is 21.2. The molecule has 0 radical (unpaired) electrons. The van der Waals surface area contributed by atoms with Crippen molar-refractivity contribution in [2.75, 3.05) is 13.2 Å². The predicted molar refractivity (Wildman–Crippen MR) is 111 cm³/mol. The molecular weight excluding hydrogens is 388 g/mol. The fourth-order valence-corrected chi connectivity index (χ4v) is 4.98. The fourth-order valence-electron chi connectivity index (χ4n) is 4.82. The van der Waals surface area contributed by atoms with Gasteiger partial charge in [-0.15, -0.1) is 0 Å². The lowest BCUT2D eigenvalue weighted by molar-refractivity contribution is 0.0523. The van der Waals surface area contributed by atoms with Crippen LogP contribution in [0, 0.1) is 5.92 Å². The Kier molecular flexibility index (Phi) is 4.76.